The highest BCUT2D eigenvalue weighted by atomic mass is 32.2. The van der Waals surface area contributed by atoms with Crippen LogP contribution in [0.2, 0.25) is 0 Å². The van der Waals surface area contributed by atoms with E-state index in [0.717, 1.165) is 22.9 Å². The van der Waals surface area contributed by atoms with Crippen molar-refractivity contribution >= 4 is 11.8 Å². The van der Waals surface area contributed by atoms with E-state index in [1.807, 2.05) is 24.5 Å². The highest BCUT2D eigenvalue weighted by Gasteiger charge is 2.15. The zero-order valence-electron chi connectivity index (χ0n) is 14.8. The van der Waals surface area contributed by atoms with Gasteiger partial charge in [0.25, 0.3) is 0 Å². The average molecular weight is 353 g/mol. The van der Waals surface area contributed by atoms with E-state index < -0.39 is 0 Å². The Balaban J connectivity index is 1.68. The molecule has 2 heterocycles. The van der Waals surface area contributed by atoms with Crippen LogP contribution in [-0.2, 0) is 11.8 Å². The third-order valence-electron chi connectivity index (χ3n) is 4.04. The van der Waals surface area contributed by atoms with Gasteiger partial charge in [0.05, 0.1) is 0 Å². The van der Waals surface area contributed by atoms with Gasteiger partial charge in [-0.05, 0) is 35.1 Å². The maximum Gasteiger partial charge on any atom is 0.210 e. The van der Waals surface area contributed by atoms with Gasteiger partial charge in [-0.2, -0.15) is 0 Å². The van der Waals surface area contributed by atoms with E-state index in [4.69, 9.17) is 5.84 Å². The van der Waals surface area contributed by atoms with Gasteiger partial charge in [-0.15, -0.1) is 10.2 Å². The molecule has 3 rings (SSSR count). The van der Waals surface area contributed by atoms with E-state index in [0.29, 0.717) is 5.82 Å². The van der Waals surface area contributed by atoms with Crippen LogP contribution in [0.15, 0.2) is 53.9 Å². The smallest absolute Gasteiger partial charge is 0.210 e. The van der Waals surface area contributed by atoms with E-state index in [-0.39, 0.29) is 5.41 Å². The Hall–Kier alpha value is -2.34. The Morgan fingerprint density at radius 2 is 1.68 bits per heavy atom. The van der Waals surface area contributed by atoms with E-state index in [2.05, 4.69) is 60.2 Å². The summed E-state index contributed by atoms with van der Waals surface area (Å²) in [5.74, 6) is 7.78. The molecule has 0 unspecified atom stereocenters. The van der Waals surface area contributed by atoms with Crippen molar-refractivity contribution in [3.8, 4) is 11.4 Å². The van der Waals surface area contributed by atoms with Crippen molar-refractivity contribution in [1.29, 1.82) is 0 Å². The lowest BCUT2D eigenvalue weighted by molar-refractivity contribution is 0.590. The van der Waals surface area contributed by atoms with Gasteiger partial charge in [0.1, 0.15) is 0 Å². The van der Waals surface area contributed by atoms with Crippen LogP contribution in [0.4, 0.5) is 0 Å². The molecule has 0 spiro atoms. The molecule has 6 heteroatoms. The fourth-order valence-electron chi connectivity index (χ4n) is 2.50. The van der Waals surface area contributed by atoms with Crippen LogP contribution in [0.3, 0.4) is 0 Å². The molecule has 2 aromatic heterocycles. The van der Waals surface area contributed by atoms with Gasteiger partial charge in [-0.25, -0.2) is 4.68 Å². The Labute approximate surface area is 152 Å². The maximum atomic E-state index is 6.20. The fraction of sp³-hybridized carbons (Fsp3) is 0.316. The van der Waals surface area contributed by atoms with Crippen molar-refractivity contribution in [2.45, 2.75) is 37.8 Å². The number of aryl methyl sites for hydroxylation is 1. The standard InChI is InChI=1S/C19H23N5S/c1-19(2,3)16-6-4-15(5-7-16)17-22-23-18(24(17)20)25-13-10-14-8-11-21-12-9-14/h4-9,11-12H,10,13,20H2,1-3H3. The van der Waals surface area contributed by atoms with Crippen molar-refractivity contribution in [3.63, 3.8) is 0 Å². The number of nitrogens with two attached hydrogens (primary N) is 1. The summed E-state index contributed by atoms with van der Waals surface area (Å²) in [6.45, 7) is 6.60. The predicted octanol–water partition coefficient (Wildman–Crippen LogP) is 3.69. The monoisotopic (exact) mass is 353 g/mol. The van der Waals surface area contributed by atoms with Crippen LogP contribution in [0.1, 0.15) is 31.9 Å². The first-order valence-electron chi connectivity index (χ1n) is 8.28. The van der Waals surface area contributed by atoms with Gasteiger partial charge in [-0.1, -0.05) is 56.8 Å². The van der Waals surface area contributed by atoms with Gasteiger partial charge < -0.3 is 5.84 Å². The number of rotatable bonds is 5. The van der Waals surface area contributed by atoms with Crippen molar-refractivity contribution in [2.24, 2.45) is 0 Å². The van der Waals surface area contributed by atoms with Crippen LogP contribution < -0.4 is 5.84 Å². The second-order valence-corrected chi connectivity index (χ2v) is 8.02. The lowest BCUT2D eigenvalue weighted by atomic mass is 9.87. The number of thioether (sulfide) groups is 1. The molecule has 0 radical (unpaired) electrons. The second-order valence-electron chi connectivity index (χ2n) is 6.96. The lowest BCUT2D eigenvalue weighted by Crippen LogP contribution is -2.13. The average Bonchev–Trinajstić information content (AvgIpc) is 2.96. The van der Waals surface area contributed by atoms with E-state index in [1.165, 1.54) is 11.1 Å². The molecule has 0 amide bonds. The molecule has 0 saturated carbocycles. The van der Waals surface area contributed by atoms with Gasteiger partial charge in [0.15, 0.2) is 5.82 Å². The molecule has 0 saturated heterocycles. The van der Waals surface area contributed by atoms with Crippen LogP contribution in [0.25, 0.3) is 11.4 Å². The zero-order chi connectivity index (χ0) is 17.9. The molecule has 5 nitrogen and oxygen atoms in total. The van der Waals surface area contributed by atoms with E-state index in [1.54, 1.807) is 16.4 Å². The minimum absolute atomic E-state index is 0.128. The largest absolute Gasteiger partial charge is 0.335 e. The Bertz CT molecular complexity index is 819. The molecule has 0 fully saturated rings. The minimum atomic E-state index is 0.128. The van der Waals surface area contributed by atoms with Crippen molar-refractivity contribution in [1.82, 2.24) is 19.9 Å². The molecule has 0 aliphatic heterocycles. The lowest BCUT2D eigenvalue weighted by Gasteiger charge is -2.19. The molecule has 0 aliphatic rings. The summed E-state index contributed by atoms with van der Waals surface area (Å²) >= 11 is 1.61. The molecule has 1 aromatic carbocycles. The number of hydrogen-bond donors (Lipinski definition) is 1. The molecular weight excluding hydrogens is 330 g/mol. The fourth-order valence-corrected chi connectivity index (χ4v) is 3.35. The molecule has 25 heavy (non-hydrogen) atoms. The highest BCUT2D eigenvalue weighted by molar-refractivity contribution is 7.99. The normalized spacial score (nSPS) is 11.6. The summed E-state index contributed by atoms with van der Waals surface area (Å²) in [6, 6.07) is 12.4. The van der Waals surface area contributed by atoms with Crippen molar-refractivity contribution in [2.75, 3.05) is 11.6 Å². The third kappa shape index (κ3) is 4.20. The Morgan fingerprint density at radius 3 is 2.32 bits per heavy atom. The van der Waals surface area contributed by atoms with Crippen molar-refractivity contribution < 1.29 is 0 Å². The zero-order valence-corrected chi connectivity index (χ0v) is 15.6. The predicted molar refractivity (Wildman–Crippen MR) is 103 cm³/mol. The van der Waals surface area contributed by atoms with Gasteiger partial charge in [0, 0.05) is 23.7 Å². The quantitative estimate of drug-likeness (QED) is 0.560. The van der Waals surface area contributed by atoms with E-state index >= 15 is 0 Å². The van der Waals surface area contributed by atoms with E-state index in [9.17, 15) is 0 Å². The van der Waals surface area contributed by atoms with Gasteiger partial charge in [-0.3, -0.25) is 4.98 Å². The van der Waals surface area contributed by atoms with Crippen LogP contribution in [0, 0.1) is 0 Å². The van der Waals surface area contributed by atoms with Crippen LogP contribution >= 0.6 is 11.8 Å². The summed E-state index contributed by atoms with van der Waals surface area (Å²) in [5, 5.41) is 9.22. The minimum Gasteiger partial charge on any atom is -0.335 e. The second kappa shape index (κ2) is 7.27. The number of pyridine rings is 1. The molecule has 0 bridgehead atoms. The van der Waals surface area contributed by atoms with Crippen molar-refractivity contribution in [3.05, 3.63) is 59.9 Å². The molecule has 3 aromatic rings. The molecular formula is C19H23N5S. The van der Waals surface area contributed by atoms with Gasteiger partial charge >= 0.3 is 0 Å². The number of aromatic nitrogens is 4. The topological polar surface area (TPSA) is 69.6 Å². The SMILES string of the molecule is CC(C)(C)c1ccc(-c2nnc(SCCc3ccncc3)n2N)cc1. The summed E-state index contributed by atoms with van der Waals surface area (Å²) in [6.07, 6.45) is 4.56. The summed E-state index contributed by atoms with van der Waals surface area (Å²) < 4.78 is 1.57. The number of nitrogens with zero attached hydrogens (tertiary/aromatic N) is 4. The first-order valence-corrected chi connectivity index (χ1v) is 9.27. The summed E-state index contributed by atoms with van der Waals surface area (Å²) in [4.78, 5) is 4.03. The molecule has 2 N–H and O–H groups in total. The number of nitrogen functional groups attached to an aromatic ring is 1. The Morgan fingerprint density at radius 1 is 1.00 bits per heavy atom. The molecule has 0 atom stereocenters. The summed E-state index contributed by atoms with van der Waals surface area (Å²) in [7, 11) is 0. The number of hydrogen-bond acceptors (Lipinski definition) is 5. The molecule has 0 aliphatic carbocycles. The molecule has 130 valence electrons. The highest BCUT2D eigenvalue weighted by Crippen LogP contribution is 2.26. The van der Waals surface area contributed by atoms with Crippen LogP contribution in [-0.4, -0.2) is 25.6 Å². The third-order valence-corrected chi connectivity index (χ3v) is 4.99. The first-order chi connectivity index (χ1) is 11.9. The first kappa shape index (κ1) is 17.5. The maximum absolute atomic E-state index is 6.20. The van der Waals surface area contributed by atoms with Gasteiger partial charge in [0.2, 0.25) is 5.16 Å². The van der Waals surface area contributed by atoms with Crippen LogP contribution in [0.5, 0.6) is 0 Å². The number of benzene rings is 1. The Kier molecular flexibility index (Phi) is 5.08. The summed E-state index contributed by atoms with van der Waals surface area (Å²) in [5.41, 5.74) is 3.64.